The predicted molar refractivity (Wildman–Crippen MR) is 82.1 cm³/mol. The van der Waals surface area contributed by atoms with Gasteiger partial charge in [-0.05, 0) is 24.5 Å². The first-order chi connectivity index (χ1) is 10.1. The lowest BCUT2D eigenvalue weighted by Crippen LogP contribution is -2.42. The second-order valence-electron chi connectivity index (χ2n) is 5.91. The summed E-state index contributed by atoms with van der Waals surface area (Å²) < 4.78 is 5.12. The predicted octanol–water partition coefficient (Wildman–Crippen LogP) is 2.65. The molecule has 4 heteroatoms. The van der Waals surface area contributed by atoms with Crippen molar-refractivity contribution in [1.82, 2.24) is 5.32 Å². The Morgan fingerprint density at radius 3 is 2.57 bits per heavy atom. The number of hydrogen-bond acceptors (Lipinski definition) is 3. The van der Waals surface area contributed by atoms with Gasteiger partial charge in [0.2, 0.25) is 0 Å². The maximum Gasteiger partial charge on any atom is 0.251 e. The first kappa shape index (κ1) is 16.0. The van der Waals surface area contributed by atoms with E-state index in [1.807, 2.05) is 18.2 Å². The van der Waals surface area contributed by atoms with E-state index in [0.717, 1.165) is 31.2 Å². The third-order valence-corrected chi connectivity index (χ3v) is 4.17. The molecule has 2 N–H and O–H groups in total. The van der Waals surface area contributed by atoms with Gasteiger partial charge in [0.15, 0.2) is 0 Å². The molecular weight excluding hydrogens is 266 g/mol. The fourth-order valence-electron chi connectivity index (χ4n) is 2.93. The molecule has 0 saturated heterocycles. The molecule has 0 radical (unpaired) electrons. The molecule has 1 aromatic rings. The maximum atomic E-state index is 12.3. The highest BCUT2D eigenvalue weighted by Crippen LogP contribution is 2.26. The quantitative estimate of drug-likeness (QED) is 0.820. The SMILES string of the molecule is COCc1ccccc1C(=O)NCC1(O)CCCCCC1. The van der Waals surface area contributed by atoms with E-state index in [2.05, 4.69) is 5.32 Å². The summed E-state index contributed by atoms with van der Waals surface area (Å²) in [6, 6.07) is 7.41. The largest absolute Gasteiger partial charge is 0.388 e. The van der Waals surface area contributed by atoms with E-state index in [1.165, 1.54) is 12.8 Å². The Labute approximate surface area is 126 Å². The molecule has 1 aliphatic carbocycles. The summed E-state index contributed by atoms with van der Waals surface area (Å²) in [6.45, 7) is 0.737. The van der Waals surface area contributed by atoms with Gasteiger partial charge in [0.1, 0.15) is 0 Å². The van der Waals surface area contributed by atoms with Gasteiger partial charge < -0.3 is 15.2 Å². The Kier molecular flexibility index (Phi) is 5.76. The molecule has 4 nitrogen and oxygen atoms in total. The van der Waals surface area contributed by atoms with Gasteiger partial charge in [-0.2, -0.15) is 0 Å². The van der Waals surface area contributed by atoms with Crippen LogP contribution in [-0.4, -0.2) is 30.3 Å². The standard InChI is InChI=1S/C17H25NO3/c1-21-12-14-8-4-5-9-15(14)16(19)18-13-17(20)10-6-2-3-7-11-17/h4-5,8-9,20H,2-3,6-7,10-13H2,1H3,(H,18,19). The van der Waals surface area contributed by atoms with E-state index < -0.39 is 5.60 Å². The summed E-state index contributed by atoms with van der Waals surface area (Å²) in [5, 5.41) is 13.5. The van der Waals surface area contributed by atoms with Gasteiger partial charge in [-0.25, -0.2) is 0 Å². The van der Waals surface area contributed by atoms with E-state index >= 15 is 0 Å². The van der Waals surface area contributed by atoms with Crippen molar-refractivity contribution in [3.8, 4) is 0 Å². The summed E-state index contributed by atoms with van der Waals surface area (Å²) in [5.74, 6) is -0.139. The van der Waals surface area contributed by atoms with Crippen LogP contribution in [-0.2, 0) is 11.3 Å². The third-order valence-electron chi connectivity index (χ3n) is 4.17. The fraction of sp³-hybridized carbons (Fsp3) is 0.588. The summed E-state index contributed by atoms with van der Waals surface area (Å²) in [5.41, 5.74) is 0.740. The molecule has 21 heavy (non-hydrogen) atoms. The van der Waals surface area contributed by atoms with Crippen LogP contribution in [0.4, 0.5) is 0 Å². The molecule has 1 amide bonds. The smallest absolute Gasteiger partial charge is 0.251 e. The lowest BCUT2D eigenvalue weighted by molar-refractivity contribution is 0.0246. The van der Waals surface area contributed by atoms with Crippen LogP contribution >= 0.6 is 0 Å². The zero-order valence-electron chi connectivity index (χ0n) is 12.7. The second-order valence-corrected chi connectivity index (χ2v) is 5.91. The molecule has 1 saturated carbocycles. The van der Waals surface area contributed by atoms with Crippen LogP contribution in [0.3, 0.4) is 0 Å². The van der Waals surface area contributed by atoms with Crippen molar-refractivity contribution in [3.05, 3.63) is 35.4 Å². The zero-order valence-corrected chi connectivity index (χ0v) is 12.7. The molecule has 1 aliphatic rings. The molecule has 1 fully saturated rings. The molecule has 0 aliphatic heterocycles. The zero-order chi connectivity index (χ0) is 15.1. The molecule has 0 spiro atoms. The Morgan fingerprint density at radius 1 is 1.24 bits per heavy atom. The van der Waals surface area contributed by atoms with Crippen LogP contribution in [0.25, 0.3) is 0 Å². The molecule has 0 aromatic heterocycles. The third kappa shape index (κ3) is 4.55. The highest BCUT2D eigenvalue weighted by atomic mass is 16.5. The molecule has 0 unspecified atom stereocenters. The molecule has 116 valence electrons. The number of hydrogen-bond donors (Lipinski definition) is 2. The topological polar surface area (TPSA) is 58.6 Å². The van der Waals surface area contributed by atoms with Crippen LogP contribution in [0, 0.1) is 0 Å². The summed E-state index contributed by atoms with van der Waals surface area (Å²) in [4.78, 5) is 12.3. The number of carbonyl (C=O) groups excluding carboxylic acids is 1. The molecule has 0 heterocycles. The monoisotopic (exact) mass is 291 g/mol. The summed E-state index contributed by atoms with van der Waals surface area (Å²) >= 11 is 0. The number of nitrogens with one attached hydrogen (secondary N) is 1. The number of benzene rings is 1. The van der Waals surface area contributed by atoms with Crippen molar-refractivity contribution in [2.75, 3.05) is 13.7 Å². The molecule has 0 atom stereocenters. The van der Waals surface area contributed by atoms with Gasteiger partial charge in [0.05, 0.1) is 12.2 Å². The first-order valence-corrected chi connectivity index (χ1v) is 7.72. The lowest BCUT2D eigenvalue weighted by Gasteiger charge is -2.27. The van der Waals surface area contributed by atoms with Crippen LogP contribution < -0.4 is 5.32 Å². The van der Waals surface area contributed by atoms with Crippen molar-refractivity contribution in [2.45, 2.75) is 50.7 Å². The number of methoxy groups -OCH3 is 1. The molecule has 1 aromatic carbocycles. The Hall–Kier alpha value is -1.39. The van der Waals surface area contributed by atoms with Gasteiger partial charge in [0.25, 0.3) is 5.91 Å². The van der Waals surface area contributed by atoms with E-state index in [-0.39, 0.29) is 5.91 Å². The number of ether oxygens (including phenoxy) is 1. The Morgan fingerprint density at radius 2 is 1.90 bits per heavy atom. The van der Waals surface area contributed by atoms with Gasteiger partial charge in [-0.15, -0.1) is 0 Å². The van der Waals surface area contributed by atoms with E-state index in [1.54, 1.807) is 13.2 Å². The normalized spacial score (nSPS) is 18.0. The van der Waals surface area contributed by atoms with Crippen molar-refractivity contribution in [3.63, 3.8) is 0 Å². The van der Waals surface area contributed by atoms with Crippen molar-refractivity contribution in [2.24, 2.45) is 0 Å². The minimum absolute atomic E-state index is 0.139. The average molecular weight is 291 g/mol. The maximum absolute atomic E-state index is 12.3. The van der Waals surface area contributed by atoms with Gasteiger partial charge in [-0.1, -0.05) is 43.9 Å². The molecular formula is C17H25NO3. The van der Waals surface area contributed by atoms with Crippen LogP contribution in [0.5, 0.6) is 0 Å². The minimum atomic E-state index is -0.748. The van der Waals surface area contributed by atoms with Crippen molar-refractivity contribution in [1.29, 1.82) is 0 Å². The van der Waals surface area contributed by atoms with Crippen LogP contribution in [0.2, 0.25) is 0 Å². The molecule has 2 rings (SSSR count). The highest BCUT2D eigenvalue weighted by Gasteiger charge is 2.28. The van der Waals surface area contributed by atoms with Gasteiger partial charge in [-0.3, -0.25) is 4.79 Å². The number of amides is 1. The van der Waals surface area contributed by atoms with Gasteiger partial charge in [0, 0.05) is 19.2 Å². The first-order valence-electron chi connectivity index (χ1n) is 7.72. The summed E-state index contributed by atoms with van der Waals surface area (Å²) in [7, 11) is 1.61. The summed E-state index contributed by atoms with van der Waals surface area (Å²) in [6.07, 6.45) is 5.96. The van der Waals surface area contributed by atoms with E-state index in [9.17, 15) is 9.90 Å². The average Bonchev–Trinajstić information content (AvgIpc) is 2.71. The number of carbonyl (C=O) groups is 1. The van der Waals surface area contributed by atoms with Crippen LogP contribution in [0.15, 0.2) is 24.3 Å². The van der Waals surface area contributed by atoms with E-state index in [0.29, 0.717) is 18.7 Å². The van der Waals surface area contributed by atoms with Crippen molar-refractivity contribution < 1.29 is 14.6 Å². The Bertz CT molecular complexity index is 465. The molecule has 0 bridgehead atoms. The Balaban J connectivity index is 1.98. The number of aliphatic hydroxyl groups is 1. The lowest BCUT2D eigenvalue weighted by atomic mass is 9.94. The van der Waals surface area contributed by atoms with Gasteiger partial charge >= 0.3 is 0 Å². The van der Waals surface area contributed by atoms with E-state index in [4.69, 9.17) is 4.74 Å². The second kappa shape index (κ2) is 7.57. The highest BCUT2D eigenvalue weighted by molar-refractivity contribution is 5.95. The fourth-order valence-corrected chi connectivity index (χ4v) is 2.93. The number of rotatable bonds is 5. The minimum Gasteiger partial charge on any atom is -0.388 e. The van der Waals surface area contributed by atoms with Crippen molar-refractivity contribution >= 4 is 5.91 Å². The van der Waals surface area contributed by atoms with Crippen LogP contribution in [0.1, 0.15) is 54.4 Å².